The van der Waals surface area contributed by atoms with Crippen LogP contribution in [0.1, 0.15) is 16.5 Å². The monoisotopic (exact) mass is 206 g/mol. The van der Waals surface area contributed by atoms with Crippen molar-refractivity contribution in [2.75, 3.05) is 0 Å². The van der Waals surface area contributed by atoms with Crippen LogP contribution in [0.2, 0.25) is 0 Å². The topological polar surface area (TPSA) is 63.8 Å². The van der Waals surface area contributed by atoms with Gasteiger partial charge in [0, 0.05) is 23.5 Å². The van der Waals surface area contributed by atoms with E-state index in [-0.39, 0.29) is 6.04 Å². The molecular weight excluding hydrogens is 196 g/mol. The van der Waals surface area contributed by atoms with Gasteiger partial charge in [-0.2, -0.15) is 0 Å². The van der Waals surface area contributed by atoms with Gasteiger partial charge < -0.3 is 0 Å². The summed E-state index contributed by atoms with van der Waals surface area (Å²) in [5.74, 6) is 5.50. The molecule has 4 nitrogen and oxygen atoms in total. The molecular formula is C9H10N4S. The van der Waals surface area contributed by atoms with E-state index < -0.39 is 0 Å². The zero-order valence-corrected chi connectivity index (χ0v) is 8.24. The van der Waals surface area contributed by atoms with E-state index in [1.807, 2.05) is 18.3 Å². The SMILES string of the molecule is NNC(c1cccnc1)c1cncs1. The average molecular weight is 206 g/mol. The average Bonchev–Trinajstić information content (AvgIpc) is 2.74. The van der Waals surface area contributed by atoms with Crippen LogP contribution in [0.15, 0.2) is 36.2 Å². The van der Waals surface area contributed by atoms with E-state index >= 15 is 0 Å². The van der Waals surface area contributed by atoms with Crippen LogP contribution in [0.5, 0.6) is 0 Å². The predicted octanol–water partition coefficient (Wildman–Crippen LogP) is 1.09. The Morgan fingerprint density at radius 1 is 1.36 bits per heavy atom. The molecule has 2 rings (SSSR count). The first-order valence-electron chi connectivity index (χ1n) is 4.16. The van der Waals surface area contributed by atoms with E-state index in [1.54, 1.807) is 29.2 Å². The van der Waals surface area contributed by atoms with Gasteiger partial charge in [0.2, 0.25) is 0 Å². The van der Waals surface area contributed by atoms with Gasteiger partial charge in [-0.05, 0) is 11.6 Å². The maximum Gasteiger partial charge on any atom is 0.0833 e. The molecule has 0 aromatic carbocycles. The first-order chi connectivity index (χ1) is 6.92. The van der Waals surface area contributed by atoms with E-state index in [9.17, 15) is 0 Å². The van der Waals surface area contributed by atoms with Gasteiger partial charge >= 0.3 is 0 Å². The molecule has 14 heavy (non-hydrogen) atoms. The number of hydrogen-bond acceptors (Lipinski definition) is 5. The summed E-state index contributed by atoms with van der Waals surface area (Å²) < 4.78 is 0. The van der Waals surface area contributed by atoms with Gasteiger partial charge in [-0.1, -0.05) is 6.07 Å². The fourth-order valence-corrected chi connectivity index (χ4v) is 1.96. The molecule has 5 heteroatoms. The highest BCUT2D eigenvalue weighted by Gasteiger charge is 2.13. The van der Waals surface area contributed by atoms with Crippen LogP contribution in [0.3, 0.4) is 0 Å². The molecule has 0 aliphatic heterocycles. The minimum Gasteiger partial charge on any atom is -0.271 e. The van der Waals surface area contributed by atoms with Gasteiger partial charge in [-0.3, -0.25) is 15.8 Å². The minimum atomic E-state index is -0.0174. The Kier molecular flexibility index (Phi) is 2.83. The summed E-state index contributed by atoms with van der Waals surface area (Å²) in [5, 5.41) is 0. The largest absolute Gasteiger partial charge is 0.271 e. The second-order valence-electron chi connectivity index (χ2n) is 2.79. The number of thiazole rings is 1. The molecule has 72 valence electrons. The number of rotatable bonds is 3. The van der Waals surface area contributed by atoms with E-state index in [0.29, 0.717) is 0 Å². The van der Waals surface area contributed by atoms with Crippen molar-refractivity contribution in [1.29, 1.82) is 0 Å². The fraction of sp³-hybridized carbons (Fsp3) is 0.111. The summed E-state index contributed by atoms with van der Waals surface area (Å²) in [7, 11) is 0. The molecule has 0 radical (unpaired) electrons. The first-order valence-corrected chi connectivity index (χ1v) is 5.04. The zero-order chi connectivity index (χ0) is 9.80. The lowest BCUT2D eigenvalue weighted by molar-refractivity contribution is 0.643. The lowest BCUT2D eigenvalue weighted by Crippen LogP contribution is -2.28. The molecule has 3 N–H and O–H groups in total. The van der Waals surface area contributed by atoms with Crippen molar-refractivity contribution in [1.82, 2.24) is 15.4 Å². The summed E-state index contributed by atoms with van der Waals surface area (Å²) in [6.45, 7) is 0. The van der Waals surface area contributed by atoms with Gasteiger partial charge in [0.05, 0.1) is 11.6 Å². The van der Waals surface area contributed by atoms with Gasteiger partial charge in [-0.15, -0.1) is 11.3 Å². The summed E-state index contributed by atoms with van der Waals surface area (Å²) in [6, 6.07) is 3.86. The second-order valence-corrected chi connectivity index (χ2v) is 3.71. The van der Waals surface area contributed by atoms with Crippen LogP contribution in [0.4, 0.5) is 0 Å². The Hall–Kier alpha value is -1.30. The van der Waals surface area contributed by atoms with Crippen molar-refractivity contribution < 1.29 is 0 Å². The van der Waals surface area contributed by atoms with E-state index in [1.165, 1.54) is 0 Å². The predicted molar refractivity (Wildman–Crippen MR) is 55.5 cm³/mol. The van der Waals surface area contributed by atoms with Crippen LogP contribution in [-0.4, -0.2) is 9.97 Å². The van der Waals surface area contributed by atoms with Crippen molar-refractivity contribution in [3.8, 4) is 0 Å². The third-order valence-corrected chi connectivity index (χ3v) is 2.76. The maximum atomic E-state index is 5.50. The fourth-order valence-electron chi connectivity index (χ4n) is 1.26. The molecule has 0 saturated carbocycles. The normalized spacial score (nSPS) is 12.6. The summed E-state index contributed by atoms with van der Waals surface area (Å²) in [6.07, 6.45) is 5.34. The van der Waals surface area contributed by atoms with Gasteiger partial charge in [0.1, 0.15) is 0 Å². The van der Waals surface area contributed by atoms with Crippen molar-refractivity contribution >= 4 is 11.3 Å². The van der Waals surface area contributed by atoms with Crippen LogP contribution in [0, 0.1) is 0 Å². The number of nitrogens with zero attached hydrogens (tertiary/aromatic N) is 2. The first kappa shape index (κ1) is 9.26. The number of nitrogens with one attached hydrogen (secondary N) is 1. The molecule has 0 saturated heterocycles. The van der Waals surface area contributed by atoms with E-state index in [2.05, 4.69) is 15.4 Å². The van der Waals surface area contributed by atoms with Crippen molar-refractivity contribution in [2.24, 2.45) is 5.84 Å². The summed E-state index contributed by atoms with van der Waals surface area (Å²) in [4.78, 5) is 9.15. The van der Waals surface area contributed by atoms with E-state index in [4.69, 9.17) is 5.84 Å². The molecule has 0 amide bonds. The van der Waals surface area contributed by atoms with Gasteiger partial charge in [0.15, 0.2) is 0 Å². The smallest absolute Gasteiger partial charge is 0.0833 e. The Morgan fingerprint density at radius 2 is 2.29 bits per heavy atom. The number of hydrogen-bond donors (Lipinski definition) is 2. The molecule has 1 atom stereocenters. The highest BCUT2D eigenvalue weighted by Crippen LogP contribution is 2.22. The maximum absolute atomic E-state index is 5.50. The number of hydrazine groups is 1. The molecule has 2 heterocycles. The molecule has 0 aliphatic carbocycles. The Bertz CT molecular complexity index is 373. The Morgan fingerprint density at radius 3 is 2.86 bits per heavy atom. The van der Waals surface area contributed by atoms with Gasteiger partial charge in [0.25, 0.3) is 0 Å². The van der Waals surface area contributed by atoms with Crippen molar-refractivity contribution in [3.63, 3.8) is 0 Å². The lowest BCUT2D eigenvalue weighted by Gasteiger charge is -2.12. The third kappa shape index (κ3) is 1.79. The minimum absolute atomic E-state index is 0.0174. The number of pyridine rings is 1. The molecule has 0 fully saturated rings. The highest BCUT2D eigenvalue weighted by atomic mass is 32.1. The third-order valence-electron chi connectivity index (χ3n) is 1.92. The van der Waals surface area contributed by atoms with Crippen LogP contribution < -0.4 is 11.3 Å². The molecule has 0 bridgehead atoms. The quantitative estimate of drug-likeness (QED) is 0.583. The lowest BCUT2D eigenvalue weighted by atomic mass is 10.1. The molecule has 2 aromatic rings. The number of aromatic nitrogens is 2. The Labute approximate surface area is 85.8 Å². The van der Waals surface area contributed by atoms with Gasteiger partial charge in [-0.25, -0.2) is 5.43 Å². The molecule has 0 spiro atoms. The summed E-state index contributed by atoms with van der Waals surface area (Å²) in [5.41, 5.74) is 5.58. The second kappa shape index (κ2) is 4.28. The van der Waals surface area contributed by atoms with Crippen LogP contribution in [0.25, 0.3) is 0 Å². The highest BCUT2D eigenvalue weighted by molar-refractivity contribution is 7.09. The Balaban J connectivity index is 2.31. The molecule has 0 aliphatic rings. The van der Waals surface area contributed by atoms with Crippen molar-refractivity contribution in [3.05, 3.63) is 46.7 Å². The summed E-state index contributed by atoms with van der Waals surface area (Å²) >= 11 is 1.57. The standard InChI is InChI=1S/C9H10N4S/c10-13-9(8-5-12-6-14-8)7-2-1-3-11-4-7/h1-6,9,13H,10H2. The van der Waals surface area contributed by atoms with Crippen LogP contribution in [-0.2, 0) is 0 Å². The molecule has 1 unspecified atom stereocenters. The van der Waals surface area contributed by atoms with Crippen molar-refractivity contribution in [2.45, 2.75) is 6.04 Å². The van der Waals surface area contributed by atoms with Crippen LogP contribution >= 0.6 is 11.3 Å². The van der Waals surface area contributed by atoms with E-state index in [0.717, 1.165) is 10.4 Å². The zero-order valence-electron chi connectivity index (χ0n) is 7.42. The number of nitrogens with two attached hydrogens (primary N) is 1. The molecule has 2 aromatic heterocycles.